The number of nitrogens with zero attached hydrogens (tertiary/aromatic N) is 3. The Bertz CT molecular complexity index is 1260. The van der Waals surface area contributed by atoms with E-state index in [-0.39, 0.29) is 17.9 Å². The van der Waals surface area contributed by atoms with Crippen molar-refractivity contribution in [2.75, 3.05) is 10.6 Å². The molecule has 0 bridgehead atoms. The predicted octanol–water partition coefficient (Wildman–Crippen LogP) is 5.95. The maximum atomic E-state index is 12.4. The van der Waals surface area contributed by atoms with Gasteiger partial charge in [0, 0.05) is 15.7 Å². The van der Waals surface area contributed by atoms with E-state index in [1.54, 1.807) is 10.7 Å². The Morgan fingerprint density at radius 1 is 1.03 bits per heavy atom. The minimum absolute atomic E-state index is 0.227. The molecule has 4 aromatic rings. The highest BCUT2D eigenvalue weighted by atomic mass is 35.5. The number of allylic oxidation sites excluding steroid dienone is 1. The number of hydrogen-bond donors (Lipinski definition) is 2. The maximum absolute atomic E-state index is 12.4. The van der Waals surface area contributed by atoms with Crippen molar-refractivity contribution in [1.29, 1.82) is 0 Å². The van der Waals surface area contributed by atoms with Gasteiger partial charge in [-0.3, -0.25) is 10.1 Å². The van der Waals surface area contributed by atoms with E-state index < -0.39 is 0 Å². The first-order chi connectivity index (χ1) is 15.1. The molecule has 0 radical (unpaired) electrons. The Balaban J connectivity index is 1.53. The van der Waals surface area contributed by atoms with Crippen LogP contribution in [-0.2, 0) is 0 Å². The van der Waals surface area contributed by atoms with Crippen molar-refractivity contribution < 1.29 is 4.79 Å². The summed E-state index contributed by atoms with van der Waals surface area (Å²) in [5.41, 5.74) is 2.81. The van der Waals surface area contributed by atoms with Gasteiger partial charge < -0.3 is 5.32 Å². The molecule has 9 heteroatoms. The molecule has 0 aliphatic carbocycles. The van der Waals surface area contributed by atoms with Crippen LogP contribution in [0.3, 0.4) is 0 Å². The molecule has 0 fully saturated rings. The van der Waals surface area contributed by atoms with Gasteiger partial charge >= 0.3 is 0 Å². The van der Waals surface area contributed by atoms with Crippen LogP contribution >= 0.6 is 34.5 Å². The summed E-state index contributed by atoms with van der Waals surface area (Å²) < 4.78 is 1.74. The third kappa shape index (κ3) is 4.07. The number of hydrogen-bond acceptors (Lipinski definition) is 5. The smallest absolute Gasteiger partial charge is 0.268 e. The Kier molecular flexibility index (Phi) is 5.23. The van der Waals surface area contributed by atoms with Crippen molar-refractivity contribution in [1.82, 2.24) is 14.8 Å². The third-order valence-corrected chi connectivity index (χ3v) is 6.18. The van der Waals surface area contributed by atoms with E-state index in [0.717, 1.165) is 16.8 Å². The molecule has 0 unspecified atom stereocenters. The van der Waals surface area contributed by atoms with Gasteiger partial charge in [-0.1, -0.05) is 53.5 Å². The van der Waals surface area contributed by atoms with Gasteiger partial charge in [-0.05, 0) is 52.9 Å². The second-order valence-corrected chi connectivity index (χ2v) is 8.66. The van der Waals surface area contributed by atoms with Gasteiger partial charge in [0.15, 0.2) is 0 Å². The van der Waals surface area contributed by atoms with Gasteiger partial charge in [-0.25, -0.2) is 4.68 Å². The number of nitrogens with one attached hydrogen (secondary N) is 2. The molecule has 0 saturated heterocycles. The first-order valence-electron chi connectivity index (χ1n) is 9.38. The van der Waals surface area contributed by atoms with E-state index in [1.165, 1.54) is 11.3 Å². The van der Waals surface area contributed by atoms with Crippen LogP contribution in [-0.4, -0.2) is 20.7 Å². The molecule has 2 aromatic carbocycles. The molecule has 1 aliphatic heterocycles. The summed E-state index contributed by atoms with van der Waals surface area (Å²) in [6, 6.07) is 18.5. The lowest BCUT2D eigenvalue weighted by molar-refractivity contribution is 0.102. The van der Waals surface area contributed by atoms with Crippen molar-refractivity contribution in [2.24, 2.45) is 0 Å². The zero-order chi connectivity index (χ0) is 21.4. The lowest BCUT2D eigenvalue weighted by Gasteiger charge is -2.24. The van der Waals surface area contributed by atoms with E-state index >= 15 is 0 Å². The molecule has 0 spiro atoms. The van der Waals surface area contributed by atoms with E-state index in [2.05, 4.69) is 26.8 Å². The van der Waals surface area contributed by atoms with Crippen LogP contribution in [0, 0.1) is 0 Å². The van der Waals surface area contributed by atoms with Gasteiger partial charge in [0.2, 0.25) is 5.95 Å². The van der Waals surface area contributed by atoms with Gasteiger partial charge in [0.25, 0.3) is 11.9 Å². The van der Waals surface area contributed by atoms with Gasteiger partial charge in [0.05, 0.1) is 4.88 Å². The summed E-state index contributed by atoms with van der Waals surface area (Å²) >= 11 is 13.5. The lowest BCUT2D eigenvalue weighted by atomic mass is 10.0. The van der Waals surface area contributed by atoms with E-state index in [1.807, 2.05) is 60.0 Å². The number of anilines is 2. The standard InChI is InChI=1S/C22H15Cl2N5OS/c23-15-7-3-13(4-8-15)17-12-18(14-5-9-16(24)10-6-14)29-22(25-17)27-21(28-29)26-20(30)19-2-1-11-31-19/h1-12,18H,(H2,25,26,27,28,30)/t18-/m0/s1. The number of thiophene rings is 1. The first kappa shape index (κ1) is 19.8. The molecule has 2 aromatic heterocycles. The van der Waals surface area contributed by atoms with E-state index in [0.29, 0.717) is 20.9 Å². The molecule has 6 nitrogen and oxygen atoms in total. The summed E-state index contributed by atoms with van der Waals surface area (Å²) in [6.07, 6.45) is 2.05. The van der Waals surface area contributed by atoms with Crippen LogP contribution in [0.5, 0.6) is 0 Å². The number of amides is 1. The van der Waals surface area contributed by atoms with Gasteiger partial charge in [0.1, 0.15) is 6.04 Å². The fourth-order valence-corrected chi connectivity index (χ4v) is 4.18. The summed E-state index contributed by atoms with van der Waals surface area (Å²) in [5, 5.41) is 13.8. The van der Waals surface area contributed by atoms with Crippen LogP contribution in [0.2, 0.25) is 10.0 Å². The maximum Gasteiger partial charge on any atom is 0.268 e. The summed E-state index contributed by atoms with van der Waals surface area (Å²) in [7, 11) is 0. The molecule has 1 atom stereocenters. The molecule has 31 heavy (non-hydrogen) atoms. The van der Waals surface area contributed by atoms with Crippen LogP contribution in [0.25, 0.3) is 5.70 Å². The zero-order valence-corrected chi connectivity index (χ0v) is 18.2. The van der Waals surface area contributed by atoms with Crippen LogP contribution in [0.15, 0.2) is 72.1 Å². The van der Waals surface area contributed by atoms with Crippen LogP contribution in [0.4, 0.5) is 11.9 Å². The number of aromatic nitrogens is 3. The predicted molar refractivity (Wildman–Crippen MR) is 125 cm³/mol. The largest absolute Gasteiger partial charge is 0.324 e. The van der Waals surface area contributed by atoms with Crippen molar-refractivity contribution in [2.45, 2.75) is 6.04 Å². The lowest BCUT2D eigenvalue weighted by Crippen LogP contribution is -2.20. The number of benzene rings is 2. The van der Waals surface area contributed by atoms with Gasteiger partial charge in [-0.15, -0.1) is 16.4 Å². The van der Waals surface area contributed by atoms with Crippen molar-refractivity contribution >= 4 is 58.0 Å². The molecule has 2 N–H and O–H groups in total. The van der Waals surface area contributed by atoms with Crippen molar-refractivity contribution in [3.63, 3.8) is 0 Å². The van der Waals surface area contributed by atoms with E-state index in [4.69, 9.17) is 23.2 Å². The summed E-state index contributed by atoms with van der Waals surface area (Å²) in [5.74, 6) is 0.506. The highest BCUT2D eigenvalue weighted by Crippen LogP contribution is 2.34. The minimum Gasteiger partial charge on any atom is -0.324 e. The van der Waals surface area contributed by atoms with E-state index in [9.17, 15) is 4.79 Å². The molecule has 154 valence electrons. The normalized spacial score (nSPS) is 15.0. The summed E-state index contributed by atoms with van der Waals surface area (Å²) in [4.78, 5) is 17.5. The van der Waals surface area contributed by atoms with Crippen molar-refractivity contribution in [3.05, 3.63) is 98.2 Å². The molecular weight excluding hydrogens is 453 g/mol. The Morgan fingerprint density at radius 3 is 2.42 bits per heavy atom. The van der Waals surface area contributed by atoms with Crippen LogP contribution in [0.1, 0.15) is 26.8 Å². The molecule has 0 saturated carbocycles. The molecule has 1 amide bonds. The number of halogens is 2. The first-order valence-corrected chi connectivity index (χ1v) is 11.0. The second-order valence-electron chi connectivity index (χ2n) is 6.84. The monoisotopic (exact) mass is 467 g/mol. The number of fused-ring (bicyclic) bond motifs is 1. The topological polar surface area (TPSA) is 71.8 Å². The number of rotatable bonds is 4. The van der Waals surface area contributed by atoms with Gasteiger partial charge in [-0.2, -0.15) is 4.98 Å². The average molecular weight is 468 g/mol. The fourth-order valence-electron chi connectivity index (χ4n) is 3.31. The third-order valence-electron chi connectivity index (χ3n) is 4.80. The van der Waals surface area contributed by atoms with Crippen LogP contribution < -0.4 is 10.6 Å². The quantitative estimate of drug-likeness (QED) is 0.388. The molecule has 3 heterocycles. The average Bonchev–Trinajstić information content (AvgIpc) is 3.44. The molecule has 5 rings (SSSR count). The minimum atomic E-state index is -0.244. The Hall–Kier alpha value is -3.13. The zero-order valence-electron chi connectivity index (χ0n) is 15.9. The van der Waals surface area contributed by atoms with Crippen molar-refractivity contribution in [3.8, 4) is 0 Å². The SMILES string of the molecule is O=C(Nc1nc2n(n1)[C@H](c1ccc(Cl)cc1)C=C(c1ccc(Cl)cc1)N2)c1cccs1. The summed E-state index contributed by atoms with van der Waals surface area (Å²) in [6.45, 7) is 0. The highest BCUT2D eigenvalue weighted by Gasteiger charge is 2.26. The fraction of sp³-hybridized carbons (Fsp3) is 0.0455. The Labute approximate surface area is 192 Å². The second kappa shape index (κ2) is 8.19. The molecule has 1 aliphatic rings. The highest BCUT2D eigenvalue weighted by molar-refractivity contribution is 7.12. The number of carbonyl (C=O) groups is 1. The number of carbonyl (C=O) groups excluding carboxylic acids is 1. The molecular formula is C22H15Cl2N5OS. The Morgan fingerprint density at radius 2 is 1.74 bits per heavy atom.